The van der Waals surface area contributed by atoms with E-state index in [4.69, 9.17) is 0 Å². The van der Waals surface area contributed by atoms with Gasteiger partial charge >= 0.3 is 0 Å². The van der Waals surface area contributed by atoms with Gasteiger partial charge in [0.05, 0.1) is 11.9 Å². The highest BCUT2D eigenvalue weighted by molar-refractivity contribution is 6.02. The molecule has 2 amide bonds. The van der Waals surface area contributed by atoms with Crippen molar-refractivity contribution in [3.63, 3.8) is 0 Å². The second kappa shape index (κ2) is 7.92. The smallest absolute Gasteiger partial charge is 0.248 e. The summed E-state index contributed by atoms with van der Waals surface area (Å²) in [7, 11) is 0. The predicted octanol–water partition coefficient (Wildman–Crippen LogP) is 3.87. The van der Waals surface area contributed by atoms with Crippen molar-refractivity contribution in [2.24, 2.45) is 5.92 Å². The summed E-state index contributed by atoms with van der Waals surface area (Å²) >= 11 is 0. The third-order valence-corrected chi connectivity index (χ3v) is 4.40. The van der Waals surface area contributed by atoms with Crippen molar-refractivity contribution in [3.05, 3.63) is 78.6 Å². The molecule has 0 unspecified atom stereocenters. The summed E-state index contributed by atoms with van der Waals surface area (Å²) in [6.07, 6.45) is 8.63. The van der Waals surface area contributed by atoms with Crippen LogP contribution in [0.5, 0.6) is 0 Å². The van der Waals surface area contributed by atoms with Gasteiger partial charge in [-0.1, -0.05) is 24.3 Å². The van der Waals surface area contributed by atoms with E-state index in [1.54, 1.807) is 35.2 Å². The molecule has 0 spiro atoms. The van der Waals surface area contributed by atoms with Crippen LogP contribution in [0.2, 0.25) is 0 Å². The number of para-hydroxylation sites is 1. The molecule has 1 fully saturated rings. The lowest BCUT2D eigenvalue weighted by Gasteiger charge is -2.07. The normalized spacial score (nSPS) is 13.4. The molecule has 140 valence electrons. The van der Waals surface area contributed by atoms with Gasteiger partial charge in [0.2, 0.25) is 11.8 Å². The molecule has 0 atom stereocenters. The monoisotopic (exact) mass is 372 g/mol. The number of hydrogen-bond acceptors (Lipinski definition) is 3. The average molecular weight is 372 g/mol. The first kappa shape index (κ1) is 17.7. The molecular formula is C22H20N4O2. The van der Waals surface area contributed by atoms with E-state index in [-0.39, 0.29) is 17.7 Å². The van der Waals surface area contributed by atoms with Gasteiger partial charge in [0.1, 0.15) is 0 Å². The van der Waals surface area contributed by atoms with Gasteiger partial charge in [-0.15, -0.1) is 0 Å². The van der Waals surface area contributed by atoms with E-state index in [1.165, 1.54) is 6.08 Å². The molecule has 2 N–H and O–H groups in total. The lowest BCUT2D eigenvalue weighted by Crippen LogP contribution is -2.14. The Hall–Kier alpha value is -3.67. The van der Waals surface area contributed by atoms with Gasteiger partial charge in [-0.05, 0) is 49.2 Å². The van der Waals surface area contributed by atoms with Crippen LogP contribution in [0.3, 0.4) is 0 Å². The lowest BCUT2D eigenvalue weighted by atomic mass is 10.2. The highest BCUT2D eigenvalue weighted by Crippen LogP contribution is 2.30. The lowest BCUT2D eigenvalue weighted by molar-refractivity contribution is -0.117. The summed E-state index contributed by atoms with van der Waals surface area (Å²) in [5, 5.41) is 9.98. The first-order valence-corrected chi connectivity index (χ1v) is 9.17. The molecule has 6 heteroatoms. The molecule has 0 aliphatic heterocycles. The van der Waals surface area contributed by atoms with Crippen molar-refractivity contribution in [2.45, 2.75) is 12.8 Å². The predicted molar refractivity (Wildman–Crippen MR) is 109 cm³/mol. The fourth-order valence-electron chi connectivity index (χ4n) is 2.77. The molecule has 0 bridgehead atoms. The van der Waals surface area contributed by atoms with Crippen LogP contribution in [0.1, 0.15) is 18.4 Å². The SMILES string of the molecule is O=C(/C=C/c1cnn(-c2ccccc2)c1)Nc1cccc(NC(=O)C2CC2)c1. The largest absolute Gasteiger partial charge is 0.326 e. The van der Waals surface area contributed by atoms with E-state index in [9.17, 15) is 9.59 Å². The second-order valence-corrected chi connectivity index (χ2v) is 6.72. The van der Waals surface area contributed by atoms with Crippen LogP contribution in [-0.2, 0) is 9.59 Å². The number of anilines is 2. The Kier molecular flexibility index (Phi) is 5.01. The summed E-state index contributed by atoms with van der Waals surface area (Å²) in [4.78, 5) is 24.1. The maximum absolute atomic E-state index is 12.2. The van der Waals surface area contributed by atoms with Crippen LogP contribution >= 0.6 is 0 Å². The molecule has 0 radical (unpaired) electrons. The van der Waals surface area contributed by atoms with Crippen LogP contribution in [0.15, 0.2) is 73.1 Å². The Morgan fingerprint density at radius 3 is 2.50 bits per heavy atom. The first-order valence-electron chi connectivity index (χ1n) is 9.17. The Balaban J connectivity index is 1.36. The first-order chi connectivity index (χ1) is 13.7. The summed E-state index contributed by atoms with van der Waals surface area (Å²) in [5.74, 6) is -0.0742. The number of aromatic nitrogens is 2. The quantitative estimate of drug-likeness (QED) is 0.645. The minimum Gasteiger partial charge on any atom is -0.326 e. The molecule has 4 rings (SSSR count). The zero-order valence-corrected chi connectivity index (χ0v) is 15.2. The number of rotatable bonds is 6. The van der Waals surface area contributed by atoms with Crippen molar-refractivity contribution in [1.29, 1.82) is 0 Å². The van der Waals surface area contributed by atoms with E-state index >= 15 is 0 Å². The van der Waals surface area contributed by atoms with Crippen molar-refractivity contribution in [1.82, 2.24) is 9.78 Å². The van der Waals surface area contributed by atoms with Crippen molar-refractivity contribution < 1.29 is 9.59 Å². The number of nitrogens with one attached hydrogen (secondary N) is 2. The van der Waals surface area contributed by atoms with E-state index in [1.807, 2.05) is 42.6 Å². The Morgan fingerprint density at radius 2 is 1.75 bits per heavy atom. The fourth-order valence-corrected chi connectivity index (χ4v) is 2.77. The number of carbonyl (C=O) groups excluding carboxylic acids is 2. The zero-order chi connectivity index (χ0) is 19.3. The third-order valence-electron chi connectivity index (χ3n) is 4.40. The van der Waals surface area contributed by atoms with Crippen molar-refractivity contribution in [2.75, 3.05) is 10.6 Å². The van der Waals surface area contributed by atoms with Crippen molar-refractivity contribution >= 4 is 29.3 Å². The Bertz CT molecular complexity index is 1020. The average Bonchev–Trinajstić information content (AvgIpc) is 3.46. The highest BCUT2D eigenvalue weighted by Gasteiger charge is 2.29. The van der Waals surface area contributed by atoms with E-state index in [2.05, 4.69) is 15.7 Å². The zero-order valence-electron chi connectivity index (χ0n) is 15.2. The molecular weight excluding hydrogens is 352 g/mol. The van der Waals surface area contributed by atoms with Gasteiger partial charge in [0.25, 0.3) is 0 Å². The van der Waals surface area contributed by atoms with E-state index < -0.39 is 0 Å². The maximum Gasteiger partial charge on any atom is 0.248 e. The summed E-state index contributed by atoms with van der Waals surface area (Å²) in [6.45, 7) is 0. The summed E-state index contributed by atoms with van der Waals surface area (Å²) in [6, 6.07) is 16.9. The second-order valence-electron chi connectivity index (χ2n) is 6.72. The number of nitrogens with zero attached hydrogens (tertiary/aromatic N) is 2. The van der Waals surface area contributed by atoms with E-state index in [0.29, 0.717) is 11.4 Å². The van der Waals surface area contributed by atoms with Gasteiger partial charge < -0.3 is 10.6 Å². The summed E-state index contributed by atoms with van der Waals surface area (Å²) in [5.41, 5.74) is 3.09. The number of benzene rings is 2. The standard InChI is InChI=1S/C22H20N4O2/c27-21(12-9-16-14-23-26(15-16)20-7-2-1-3-8-20)24-18-5-4-6-19(13-18)25-22(28)17-10-11-17/h1-9,12-15,17H,10-11H2,(H,24,27)(H,25,28)/b12-9+. The molecule has 1 heterocycles. The van der Waals surface area contributed by atoms with Gasteiger partial charge in [-0.25, -0.2) is 4.68 Å². The van der Waals surface area contributed by atoms with Crippen LogP contribution in [0.4, 0.5) is 11.4 Å². The van der Waals surface area contributed by atoms with Gasteiger partial charge in [0, 0.05) is 35.1 Å². The topological polar surface area (TPSA) is 76.0 Å². The number of amides is 2. The third kappa shape index (κ3) is 4.54. The van der Waals surface area contributed by atoms with Crippen LogP contribution in [0, 0.1) is 5.92 Å². The molecule has 2 aromatic carbocycles. The molecule has 1 aliphatic rings. The molecule has 6 nitrogen and oxygen atoms in total. The minimum atomic E-state index is -0.252. The molecule has 1 saturated carbocycles. The minimum absolute atomic E-state index is 0.0406. The fraction of sp³-hybridized carbons (Fsp3) is 0.136. The maximum atomic E-state index is 12.2. The van der Waals surface area contributed by atoms with Gasteiger partial charge in [-0.2, -0.15) is 5.10 Å². The molecule has 3 aromatic rings. The van der Waals surface area contributed by atoms with E-state index in [0.717, 1.165) is 24.1 Å². The highest BCUT2D eigenvalue weighted by atomic mass is 16.2. The number of hydrogen-bond donors (Lipinski definition) is 2. The Labute approximate surface area is 162 Å². The van der Waals surface area contributed by atoms with Crippen molar-refractivity contribution in [3.8, 4) is 5.69 Å². The van der Waals surface area contributed by atoms with Gasteiger partial charge in [-0.3, -0.25) is 9.59 Å². The molecule has 1 aliphatic carbocycles. The molecule has 28 heavy (non-hydrogen) atoms. The summed E-state index contributed by atoms with van der Waals surface area (Å²) < 4.78 is 1.75. The van der Waals surface area contributed by atoms with Crippen LogP contribution in [-0.4, -0.2) is 21.6 Å². The molecule has 1 aromatic heterocycles. The number of carbonyl (C=O) groups is 2. The Morgan fingerprint density at radius 1 is 1.00 bits per heavy atom. The molecule has 0 saturated heterocycles. The van der Waals surface area contributed by atoms with Crippen LogP contribution < -0.4 is 10.6 Å². The van der Waals surface area contributed by atoms with Gasteiger partial charge in [0.15, 0.2) is 0 Å². The van der Waals surface area contributed by atoms with Crippen LogP contribution in [0.25, 0.3) is 11.8 Å².